The summed E-state index contributed by atoms with van der Waals surface area (Å²) in [7, 11) is 0. The average Bonchev–Trinajstić information content (AvgIpc) is 2.89. The molecule has 1 aromatic heterocycles. The van der Waals surface area contributed by atoms with Crippen molar-refractivity contribution < 1.29 is 14.3 Å². The van der Waals surface area contributed by atoms with E-state index in [1.54, 1.807) is 6.07 Å². The summed E-state index contributed by atoms with van der Waals surface area (Å²) in [6.45, 7) is 0.851. The Bertz CT molecular complexity index is 572. The number of aliphatic hydroxyl groups excluding tert-OH is 1. The fourth-order valence-electron chi connectivity index (χ4n) is 2.72. The maximum atomic E-state index is 10.2. The van der Waals surface area contributed by atoms with Gasteiger partial charge in [0.25, 0.3) is 0 Å². The van der Waals surface area contributed by atoms with E-state index >= 15 is 0 Å². The molecule has 0 amide bonds. The minimum atomic E-state index is -0.577. The van der Waals surface area contributed by atoms with Gasteiger partial charge in [-0.15, -0.1) is 0 Å². The number of aliphatic hydroxyl groups is 1. The van der Waals surface area contributed by atoms with Crippen molar-refractivity contribution in [2.45, 2.75) is 44.3 Å². The molecule has 2 unspecified atom stereocenters. The van der Waals surface area contributed by atoms with Crippen molar-refractivity contribution in [1.29, 1.82) is 0 Å². The number of ether oxygens (including phenoxy) is 1. The van der Waals surface area contributed by atoms with Crippen LogP contribution in [-0.4, -0.2) is 17.8 Å². The van der Waals surface area contributed by atoms with Gasteiger partial charge in [-0.3, -0.25) is 0 Å². The molecule has 20 heavy (non-hydrogen) atoms. The van der Waals surface area contributed by atoms with Crippen LogP contribution in [-0.2, 0) is 4.74 Å². The van der Waals surface area contributed by atoms with Crippen LogP contribution >= 0.6 is 11.6 Å². The minimum Gasteiger partial charge on any atom is -0.458 e. The molecule has 0 bridgehead atoms. The van der Waals surface area contributed by atoms with E-state index in [0.29, 0.717) is 17.2 Å². The van der Waals surface area contributed by atoms with Crippen LogP contribution in [0.3, 0.4) is 0 Å². The van der Waals surface area contributed by atoms with Gasteiger partial charge in [0.1, 0.15) is 17.4 Å². The van der Waals surface area contributed by atoms with E-state index in [-0.39, 0.29) is 6.10 Å². The van der Waals surface area contributed by atoms with E-state index in [1.165, 1.54) is 6.42 Å². The van der Waals surface area contributed by atoms with Gasteiger partial charge in [-0.2, -0.15) is 0 Å². The van der Waals surface area contributed by atoms with Gasteiger partial charge in [-0.1, -0.05) is 11.6 Å². The van der Waals surface area contributed by atoms with Crippen LogP contribution in [0.15, 0.2) is 28.7 Å². The zero-order chi connectivity index (χ0) is 13.9. The molecule has 1 N–H and O–H groups in total. The van der Waals surface area contributed by atoms with Crippen molar-refractivity contribution >= 4 is 22.6 Å². The molecular weight excluding hydrogens is 276 g/mol. The van der Waals surface area contributed by atoms with Gasteiger partial charge in [-0.05, 0) is 56.4 Å². The van der Waals surface area contributed by atoms with E-state index in [1.807, 2.05) is 18.2 Å². The lowest BCUT2D eigenvalue weighted by Crippen LogP contribution is -2.19. The summed E-state index contributed by atoms with van der Waals surface area (Å²) >= 11 is 5.95. The van der Waals surface area contributed by atoms with Gasteiger partial charge >= 0.3 is 0 Å². The summed E-state index contributed by atoms with van der Waals surface area (Å²) in [5, 5.41) is 11.8. The number of furan rings is 1. The van der Waals surface area contributed by atoms with Gasteiger partial charge in [0.05, 0.1) is 6.10 Å². The van der Waals surface area contributed by atoms with Crippen LogP contribution in [0, 0.1) is 0 Å². The number of fused-ring (bicyclic) bond motifs is 1. The maximum Gasteiger partial charge on any atom is 0.134 e. The highest BCUT2D eigenvalue weighted by molar-refractivity contribution is 6.31. The van der Waals surface area contributed by atoms with E-state index in [0.717, 1.165) is 36.8 Å². The molecule has 1 aliphatic rings. The maximum absolute atomic E-state index is 10.2. The topological polar surface area (TPSA) is 42.6 Å². The SMILES string of the molecule is OC(CCC1CCCCO1)c1cc2cc(Cl)ccc2o1. The highest BCUT2D eigenvalue weighted by atomic mass is 35.5. The molecule has 1 fully saturated rings. The second-order valence-electron chi connectivity index (χ2n) is 5.41. The molecule has 1 aromatic carbocycles. The van der Waals surface area contributed by atoms with Crippen LogP contribution in [0.1, 0.15) is 44.0 Å². The first-order valence-electron chi connectivity index (χ1n) is 7.21. The Labute approximate surface area is 123 Å². The summed E-state index contributed by atoms with van der Waals surface area (Å²) in [6.07, 6.45) is 4.73. The third-order valence-electron chi connectivity index (χ3n) is 3.86. The number of hydrogen-bond acceptors (Lipinski definition) is 3. The first-order valence-corrected chi connectivity index (χ1v) is 7.59. The number of halogens is 1. The van der Waals surface area contributed by atoms with Crippen molar-refractivity contribution in [2.75, 3.05) is 6.61 Å². The van der Waals surface area contributed by atoms with Crippen molar-refractivity contribution in [2.24, 2.45) is 0 Å². The summed E-state index contributed by atoms with van der Waals surface area (Å²) in [4.78, 5) is 0. The molecule has 0 aliphatic carbocycles. The van der Waals surface area contributed by atoms with Gasteiger partial charge in [-0.25, -0.2) is 0 Å². The average molecular weight is 295 g/mol. The molecule has 0 radical (unpaired) electrons. The van der Waals surface area contributed by atoms with Crippen LogP contribution < -0.4 is 0 Å². The Morgan fingerprint density at radius 1 is 1.30 bits per heavy atom. The number of benzene rings is 1. The molecular formula is C16H19ClO3. The molecule has 108 valence electrons. The summed E-state index contributed by atoms with van der Waals surface area (Å²) < 4.78 is 11.4. The van der Waals surface area contributed by atoms with Crippen LogP contribution in [0.2, 0.25) is 5.02 Å². The van der Waals surface area contributed by atoms with E-state index in [2.05, 4.69) is 0 Å². The zero-order valence-corrected chi connectivity index (χ0v) is 12.1. The lowest BCUT2D eigenvalue weighted by molar-refractivity contribution is 0.000745. The highest BCUT2D eigenvalue weighted by Crippen LogP contribution is 2.29. The van der Waals surface area contributed by atoms with E-state index in [9.17, 15) is 5.11 Å². The minimum absolute atomic E-state index is 0.289. The van der Waals surface area contributed by atoms with Crippen molar-refractivity contribution in [3.63, 3.8) is 0 Å². The smallest absolute Gasteiger partial charge is 0.134 e. The summed E-state index contributed by atoms with van der Waals surface area (Å²) in [5.74, 6) is 0.609. The van der Waals surface area contributed by atoms with Crippen LogP contribution in [0.5, 0.6) is 0 Å². The molecule has 1 aliphatic heterocycles. The van der Waals surface area contributed by atoms with Crippen molar-refractivity contribution in [3.05, 3.63) is 35.0 Å². The Morgan fingerprint density at radius 3 is 3.00 bits per heavy atom. The van der Waals surface area contributed by atoms with Crippen molar-refractivity contribution in [3.8, 4) is 0 Å². The Hall–Kier alpha value is -1.03. The molecule has 4 heteroatoms. The monoisotopic (exact) mass is 294 g/mol. The lowest BCUT2D eigenvalue weighted by Gasteiger charge is -2.23. The fraction of sp³-hybridized carbons (Fsp3) is 0.500. The van der Waals surface area contributed by atoms with Gasteiger partial charge in [0.15, 0.2) is 0 Å². The first-order chi connectivity index (χ1) is 9.72. The Kier molecular flexibility index (Phi) is 4.29. The normalized spacial score (nSPS) is 21.2. The summed E-state index contributed by atoms with van der Waals surface area (Å²) in [5.41, 5.74) is 0.761. The quantitative estimate of drug-likeness (QED) is 0.904. The number of rotatable bonds is 4. The molecule has 0 spiro atoms. The predicted molar refractivity (Wildman–Crippen MR) is 79.0 cm³/mol. The van der Waals surface area contributed by atoms with Gasteiger partial charge in [0, 0.05) is 17.0 Å². The largest absolute Gasteiger partial charge is 0.458 e. The Morgan fingerprint density at radius 2 is 2.20 bits per heavy atom. The third kappa shape index (κ3) is 3.17. The lowest BCUT2D eigenvalue weighted by atomic mass is 10.0. The molecule has 3 nitrogen and oxygen atoms in total. The Balaban J connectivity index is 1.64. The van der Waals surface area contributed by atoms with Crippen molar-refractivity contribution in [1.82, 2.24) is 0 Å². The second-order valence-corrected chi connectivity index (χ2v) is 5.85. The fourth-order valence-corrected chi connectivity index (χ4v) is 2.90. The summed E-state index contributed by atoms with van der Waals surface area (Å²) in [6, 6.07) is 7.34. The van der Waals surface area contributed by atoms with Gasteiger partial charge < -0.3 is 14.3 Å². The van der Waals surface area contributed by atoms with Crippen LogP contribution in [0.25, 0.3) is 11.0 Å². The van der Waals surface area contributed by atoms with E-state index in [4.69, 9.17) is 20.8 Å². The molecule has 2 aromatic rings. The van der Waals surface area contributed by atoms with Crippen LogP contribution in [0.4, 0.5) is 0 Å². The van der Waals surface area contributed by atoms with E-state index < -0.39 is 6.10 Å². The third-order valence-corrected chi connectivity index (χ3v) is 4.10. The zero-order valence-electron chi connectivity index (χ0n) is 11.3. The molecule has 0 saturated carbocycles. The van der Waals surface area contributed by atoms with Gasteiger partial charge in [0.2, 0.25) is 0 Å². The second kappa shape index (κ2) is 6.17. The molecule has 2 atom stereocenters. The standard InChI is InChI=1S/C16H19ClO3/c17-12-4-7-15-11(9-12)10-16(20-15)14(18)6-5-13-3-1-2-8-19-13/h4,7,9-10,13-14,18H,1-3,5-6,8H2. The molecule has 3 rings (SSSR count). The predicted octanol–water partition coefficient (Wildman–Crippen LogP) is 4.47. The molecule has 2 heterocycles. The number of hydrogen-bond donors (Lipinski definition) is 1. The highest BCUT2D eigenvalue weighted by Gasteiger charge is 2.18. The first kappa shape index (κ1) is 13.9. The molecule has 1 saturated heterocycles.